The van der Waals surface area contributed by atoms with Crippen molar-refractivity contribution in [2.45, 2.75) is 0 Å². The summed E-state index contributed by atoms with van der Waals surface area (Å²) in [7, 11) is 0. The largest absolute Gasteiger partial charge is 0.508 e. The maximum atomic E-state index is 12.2. The maximum absolute atomic E-state index is 12.2. The Morgan fingerprint density at radius 2 is 2.08 bits per heavy atom. The highest BCUT2D eigenvalue weighted by Gasteiger charge is 2.21. The zero-order valence-corrected chi connectivity index (χ0v) is 14.3. The number of benzene rings is 2. The van der Waals surface area contributed by atoms with Crippen molar-refractivity contribution in [3.05, 3.63) is 56.9 Å². The molecule has 0 aliphatic heterocycles. The number of aromatic hydroxyl groups is 1. The Kier molecular flexibility index (Phi) is 3.37. The fourth-order valence-electron chi connectivity index (χ4n) is 2.56. The molecule has 0 bridgehead atoms. The van der Waals surface area contributed by atoms with E-state index >= 15 is 0 Å². The summed E-state index contributed by atoms with van der Waals surface area (Å²) in [5, 5.41) is 20.3. The molecule has 2 heterocycles. The van der Waals surface area contributed by atoms with Gasteiger partial charge in [0.05, 0.1) is 10.2 Å². The van der Waals surface area contributed by atoms with Gasteiger partial charge in [0.25, 0.3) is 0 Å². The summed E-state index contributed by atoms with van der Waals surface area (Å²) in [6.07, 6.45) is 0. The van der Waals surface area contributed by atoms with Gasteiger partial charge in [-0.15, -0.1) is 11.3 Å². The molecule has 2 aromatic carbocycles. The predicted octanol–water partition coefficient (Wildman–Crippen LogP) is 4.41. The molecule has 0 radical (unpaired) electrons. The molecule has 0 aliphatic carbocycles. The van der Waals surface area contributed by atoms with E-state index in [0.29, 0.717) is 20.4 Å². The second kappa shape index (κ2) is 5.44. The molecule has 2 aromatic heterocycles. The molecule has 0 saturated heterocycles. The minimum Gasteiger partial charge on any atom is -0.508 e. The smallest absolute Gasteiger partial charge is 0.355 e. The van der Waals surface area contributed by atoms with Crippen molar-refractivity contribution in [2.75, 3.05) is 0 Å². The molecule has 4 aromatic rings. The topological polar surface area (TPSA) is 87.1 Å². The molecule has 0 fully saturated rings. The number of thiazole rings is 1. The molecule has 0 saturated carbocycles. The highest BCUT2D eigenvalue weighted by molar-refractivity contribution is 9.10. The van der Waals surface area contributed by atoms with Crippen LogP contribution in [0.2, 0.25) is 0 Å². The average molecular weight is 399 g/mol. The average Bonchev–Trinajstić information content (AvgIpc) is 2.96. The van der Waals surface area contributed by atoms with E-state index in [1.165, 1.54) is 23.5 Å². The first-order valence-electron chi connectivity index (χ1n) is 6.84. The molecule has 1 N–H and O–H groups in total. The van der Waals surface area contributed by atoms with E-state index in [9.17, 15) is 15.2 Å². The minimum absolute atomic E-state index is 0.0440. The SMILES string of the molecule is N#Cc1c(-c2nc3ccccc3s2)c2c(Br)cc(O)cc2oc1=O. The molecule has 0 unspecified atom stereocenters. The lowest BCUT2D eigenvalue weighted by atomic mass is 10.1. The van der Waals surface area contributed by atoms with Gasteiger partial charge in [0, 0.05) is 21.5 Å². The predicted molar refractivity (Wildman–Crippen MR) is 95.2 cm³/mol. The molecule has 116 valence electrons. The van der Waals surface area contributed by atoms with Gasteiger partial charge in [-0.1, -0.05) is 12.1 Å². The van der Waals surface area contributed by atoms with E-state index in [1.54, 1.807) is 0 Å². The minimum atomic E-state index is -0.753. The highest BCUT2D eigenvalue weighted by atomic mass is 79.9. The first-order valence-corrected chi connectivity index (χ1v) is 8.45. The monoisotopic (exact) mass is 398 g/mol. The number of nitrogens with zero attached hydrogens (tertiary/aromatic N) is 2. The third-order valence-corrected chi connectivity index (χ3v) is 5.24. The lowest BCUT2D eigenvalue weighted by Gasteiger charge is -2.07. The van der Waals surface area contributed by atoms with Crippen LogP contribution in [-0.2, 0) is 0 Å². The van der Waals surface area contributed by atoms with Crippen LogP contribution in [0.3, 0.4) is 0 Å². The summed E-state index contributed by atoms with van der Waals surface area (Å²) in [4.78, 5) is 16.7. The van der Waals surface area contributed by atoms with E-state index < -0.39 is 5.63 Å². The Bertz CT molecular complexity index is 1190. The first-order chi connectivity index (χ1) is 11.6. The lowest BCUT2D eigenvalue weighted by Crippen LogP contribution is -2.07. The van der Waals surface area contributed by atoms with Crippen molar-refractivity contribution < 1.29 is 9.52 Å². The molecule has 7 heteroatoms. The zero-order chi connectivity index (χ0) is 16.8. The van der Waals surface area contributed by atoms with E-state index in [-0.39, 0.29) is 16.9 Å². The van der Waals surface area contributed by atoms with E-state index in [1.807, 2.05) is 30.3 Å². The number of aromatic nitrogens is 1. The van der Waals surface area contributed by atoms with Gasteiger partial charge in [0.1, 0.15) is 28.0 Å². The van der Waals surface area contributed by atoms with Gasteiger partial charge >= 0.3 is 5.63 Å². The van der Waals surface area contributed by atoms with Crippen LogP contribution in [0.4, 0.5) is 0 Å². The highest BCUT2D eigenvalue weighted by Crippen LogP contribution is 2.40. The van der Waals surface area contributed by atoms with Crippen molar-refractivity contribution in [3.8, 4) is 22.4 Å². The maximum Gasteiger partial charge on any atom is 0.355 e. The molecule has 5 nitrogen and oxygen atoms in total. The quantitative estimate of drug-likeness (QED) is 0.479. The summed E-state index contributed by atoms with van der Waals surface area (Å²) >= 11 is 4.76. The second-order valence-electron chi connectivity index (χ2n) is 5.04. The third kappa shape index (κ3) is 2.19. The molecule has 0 amide bonds. The molecule has 24 heavy (non-hydrogen) atoms. The van der Waals surface area contributed by atoms with E-state index in [4.69, 9.17) is 4.42 Å². The molecule has 4 rings (SSSR count). The standard InChI is InChI=1S/C17H7BrN2O3S/c18-10-5-8(21)6-12-15(10)14(9(7-19)17(22)23-12)16-20-11-3-1-2-4-13(11)24-16/h1-6,21H. The Hall–Kier alpha value is -2.69. The third-order valence-electron chi connectivity index (χ3n) is 3.57. The molecule has 0 atom stereocenters. The van der Waals surface area contributed by atoms with Gasteiger partial charge in [-0.3, -0.25) is 0 Å². The van der Waals surface area contributed by atoms with Crippen molar-refractivity contribution in [3.63, 3.8) is 0 Å². The number of fused-ring (bicyclic) bond motifs is 2. The van der Waals surface area contributed by atoms with Crippen LogP contribution >= 0.6 is 27.3 Å². The summed E-state index contributed by atoms with van der Waals surface area (Å²) in [6.45, 7) is 0. The van der Waals surface area contributed by atoms with Crippen LogP contribution in [0.1, 0.15) is 5.56 Å². The number of hydrogen-bond acceptors (Lipinski definition) is 6. The van der Waals surface area contributed by atoms with Gasteiger partial charge in [0.2, 0.25) is 0 Å². The van der Waals surface area contributed by atoms with Gasteiger partial charge in [-0.25, -0.2) is 9.78 Å². The van der Waals surface area contributed by atoms with Gasteiger partial charge in [-0.05, 0) is 34.1 Å². The Morgan fingerprint density at radius 1 is 1.29 bits per heavy atom. The fraction of sp³-hybridized carbons (Fsp3) is 0. The first kappa shape index (κ1) is 14.9. The number of rotatable bonds is 1. The van der Waals surface area contributed by atoms with Crippen molar-refractivity contribution in [1.29, 1.82) is 5.26 Å². The van der Waals surface area contributed by atoms with Gasteiger partial charge in [-0.2, -0.15) is 5.26 Å². The van der Waals surface area contributed by atoms with Gasteiger partial charge < -0.3 is 9.52 Å². The lowest BCUT2D eigenvalue weighted by molar-refractivity contribution is 0.472. The Balaban J connectivity index is 2.20. The van der Waals surface area contributed by atoms with E-state index in [0.717, 1.165) is 10.2 Å². The number of nitriles is 1. The summed E-state index contributed by atoms with van der Waals surface area (Å²) in [5.41, 5.74) is 0.541. The van der Waals surface area contributed by atoms with Crippen LogP contribution in [0.15, 0.2) is 50.1 Å². The summed E-state index contributed by atoms with van der Waals surface area (Å²) in [6, 6.07) is 12.3. The van der Waals surface area contributed by atoms with Crippen LogP contribution in [0.5, 0.6) is 5.75 Å². The van der Waals surface area contributed by atoms with Gasteiger partial charge in [0.15, 0.2) is 0 Å². The Labute approximate surface area is 147 Å². The molecule has 0 aliphatic rings. The number of para-hydroxylation sites is 1. The van der Waals surface area contributed by atoms with Crippen molar-refractivity contribution >= 4 is 48.5 Å². The summed E-state index contributed by atoms with van der Waals surface area (Å²) in [5.74, 6) is -0.0440. The second-order valence-corrected chi connectivity index (χ2v) is 6.92. The zero-order valence-electron chi connectivity index (χ0n) is 11.9. The van der Waals surface area contributed by atoms with Crippen LogP contribution < -0.4 is 5.63 Å². The number of phenols is 1. The number of hydrogen-bond donors (Lipinski definition) is 1. The van der Waals surface area contributed by atoms with Crippen LogP contribution in [0.25, 0.3) is 31.8 Å². The van der Waals surface area contributed by atoms with Crippen molar-refractivity contribution in [1.82, 2.24) is 4.98 Å². The fourth-order valence-corrected chi connectivity index (χ4v) is 4.22. The molecular formula is C17H7BrN2O3S. The van der Waals surface area contributed by atoms with Crippen LogP contribution in [0, 0.1) is 11.3 Å². The molecular weight excluding hydrogens is 392 g/mol. The Morgan fingerprint density at radius 3 is 2.83 bits per heavy atom. The normalized spacial score (nSPS) is 11.0. The van der Waals surface area contributed by atoms with E-state index in [2.05, 4.69) is 20.9 Å². The summed E-state index contributed by atoms with van der Waals surface area (Å²) < 4.78 is 6.66. The number of halogens is 1. The van der Waals surface area contributed by atoms with Crippen LogP contribution in [-0.4, -0.2) is 10.1 Å². The number of phenolic OH excluding ortho intramolecular Hbond substituents is 1. The van der Waals surface area contributed by atoms with Crippen molar-refractivity contribution in [2.24, 2.45) is 0 Å². The molecule has 0 spiro atoms.